The van der Waals surface area contributed by atoms with Crippen LogP contribution in [-0.2, 0) is 13.1 Å². The Morgan fingerprint density at radius 3 is 2.43 bits per heavy atom. The molecule has 0 aliphatic carbocycles. The standard InChI is InChI=1S/C17H19N3O/c1-3-20-16-9-6-13(10-15(16)19-17(20)11-18)12-4-7-14(21-2)8-5-12/h4-10H,3,11,18H2,1-2H3. The second-order valence-electron chi connectivity index (χ2n) is 4.91. The summed E-state index contributed by atoms with van der Waals surface area (Å²) in [5.41, 5.74) is 10.2. The van der Waals surface area contributed by atoms with E-state index in [1.807, 2.05) is 12.1 Å². The Labute approximate surface area is 124 Å². The van der Waals surface area contributed by atoms with Gasteiger partial charge in [0.15, 0.2) is 0 Å². The molecule has 21 heavy (non-hydrogen) atoms. The Hall–Kier alpha value is -2.33. The van der Waals surface area contributed by atoms with Crippen molar-refractivity contribution in [1.82, 2.24) is 9.55 Å². The van der Waals surface area contributed by atoms with Crippen molar-refractivity contribution in [1.29, 1.82) is 0 Å². The fourth-order valence-electron chi connectivity index (χ4n) is 2.65. The molecule has 0 aliphatic rings. The van der Waals surface area contributed by atoms with Gasteiger partial charge >= 0.3 is 0 Å². The highest BCUT2D eigenvalue weighted by atomic mass is 16.5. The summed E-state index contributed by atoms with van der Waals surface area (Å²) in [7, 11) is 1.67. The maximum absolute atomic E-state index is 5.77. The van der Waals surface area contributed by atoms with Gasteiger partial charge in [-0.05, 0) is 42.3 Å². The van der Waals surface area contributed by atoms with Crippen LogP contribution in [0.15, 0.2) is 42.5 Å². The van der Waals surface area contributed by atoms with Gasteiger partial charge in [-0.1, -0.05) is 18.2 Å². The minimum absolute atomic E-state index is 0.459. The zero-order valence-corrected chi connectivity index (χ0v) is 12.3. The van der Waals surface area contributed by atoms with Gasteiger partial charge in [0.05, 0.1) is 24.7 Å². The molecular formula is C17H19N3O. The van der Waals surface area contributed by atoms with Crippen LogP contribution in [0, 0.1) is 0 Å². The quantitative estimate of drug-likeness (QED) is 0.799. The molecule has 4 heteroatoms. The summed E-state index contributed by atoms with van der Waals surface area (Å²) in [5, 5.41) is 0. The van der Waals surface area contributed by atoms with Gasteiger partial charge in [0.1, 0.15) is 11.6 Å². The average Bonchev–Trinajstić information content (AvgIpc) is 2.91. The minimum Gasteiger partial charge on any atom is -0.497 e. The summed E-state index contributed by atoms with van der Waals surface area (Å²) >= 11 is 0. The van der Waals surface area contributed by atoms with Crippen LogP contribution in [0.4, 0.5) is 0 Å². The van der Waals surface area contributed by atoms with E-state index in [4.69, 9.17) is 10.5 Å². The highest BCUT2D eigenvalue weighted by Gasteiger charge is 2.09. The summed E-state index contributed by atoms with van der Waals surface area (Å²) in [6, 6.07) is 14.4. The Kier molecular flexibility index (Phi) is 3.62. The molecule has 3 aromatic rings. The lowest BCUT2D eigenvalue weighted by Crippen LogP contribution is -2.06. The van der Waals surface area contributed by atoms with Crippen LogP contribution in [-0.4, -0.2) is 16.7 Å². The predicted octanol–water partition coefficient (Wildman–Crippen LogP) is 3.19. The molecule has 0 unspecified atom stereocenters. The van der Waals surface area contributed by atoms with Crippen molar-refractivity contribution < 1.29 is 4.74 Å². The fraction of sp³-hybridized carbons (Fsp3) is 0.235. The first kappa shape index (κ1) is 13.6. The van der Waals surface area contributed by atoms with E-state index in [0.29, 0.717) is 6.54 Å². The molecule has 1 aromatic heterocycles. The van der Waals surface area contributed by atoms with E-state index in [1.165, 1.54) is 0 Å². The number of hydrogen-bond acceptors (Lipinski definition) is 3. The third-order valence-corrected chi connectivity index (χ3v) is 3.75. The van der Waals surface area contributed by atoms with Crippen molar-refractivity contribution in [2.75, 3.05) is 7.11 Å². The van der Waals surface area contributed by atoms with Gasteiger partial charge in [-0.25, -0.2) is 4.98 Å². The van der Waals surface area contributed by atoms with E-state index in [0.717, 1.165) is 40.3 Å². The van der Waals surface area contributed by atoms with Gasteiger partial charge in [-0.15, -0.1) is 0 Å². The predicted molar refractivity (Wildman–Crippen MR) is 85.3 cm³/mol. The van der Waals surface area contributed by atoms with Crippen LogP contribution in [0.25, 0.3) is 22.2 Å². The van der Waals surface area contributed by atoms with Gasteiger partial charge in [0.25, 0.3) is 0 Å². The molecule has 0 fully saturated rings. The monoisotopic (exact) mass is 281 g/mol. The number of nitrogens with zero attached hydrogens (tertiary/aromatic N) is 2. The molecule has 4 nitrogen and oxygen atoms in total. The van der Waals surface area contributed by atoms with Crippen molar-refractivity contribution in [2.45, 2.75) is 20.0 Å². The highest BCUT2D eigenvalue weighted by molar-refractivity contribution is 5.82. The molecule has 108 valence electrons. The lowest BCUT2D eigenvalue weighted by molar-refractivity contribution is 0.415. The van der Waals surface area contributed by atoms with Crippen molar-refractivity contribution >= 4 is 11.0 Å². The maximum atomic E-state index is 5.77. The molecule has 1 heterocycles. The first-order valence-electron chi connectivity index (χ1n) is 7.10. The van der Waals surface area contributed by atoms with E-state index in [2.05, 4.69) is 46.8 Å². The van der Waals surface area contributed by atoms with Gasteiger partial charge in [0, 0.05) is 6.54 Å². The van der Waals surface area contributed by atoms with Crippen LogP contribution >= 0.6 is 0 Å². The summed E-state index contributed by atoms with van der Waals surface area (Å²) in [6.45, 7) is 3.45. The SMILES string of the molecule is CCn1c(CN)nc2cc(-c3ccc(OC)cc3)ccc21. The van der Waals surface area contributed by atoms with Crippen LogP contribution in [0.2, 0.25) is 0 Å². The van der Waals surface area contributed by atoms with Gasteiger partial charge in [-0.2, -0.15) is 0 Å². The second-order valence-corrected chi connectivity index (χ2v) is 4.91. The topological polar surface area (TPSA) is 53.1 Å². The average molecular weight is 281 g/mol. The van der Waals surface area contributed by atoms with E-state index < -0.39 is 0 Å². The molecule has 0 saturated heterocycles. The minimum atomic E-state index is 0.459. The Bertz CT molecular complexity index is 760. The van der Waals surface area contributed by atoms with Crippen LogP contribution in [0.3, 0.4) is 0 Å². The molecule has 0 radical (unpaired) electrons. The zero-order chi connectivity index (χ0) is 14.8. The third kappa shape index (κ3) is 2.38. The Balaban J connectivity index is 2.07. The van der Waals surface area contributed by atoms with Crippen molar-refractivity contribution in [3.63, 3.8) is 0 Å². The molecule has 0 saturated carbocycles. The molecule has 0 aliphatic heterocycles. The Morgan fingerprint density at radius 1 is 1.10 bits per heavy atom. The number of nitrogens with two attached hydrogens (primary N) is 1. The van der Waals surface area contributed by atoms with Crippen molar-refractivity contribution in [3.8, 4) is 16.9 Å². The first-order chi connectivity index (χ1) is 10.3. The van der Waals surface area contributed by atoms with Gasteiger partial charge < -0.3 is 15.0 Å². The normalized spacial score (nSPS) is 11.0. The van der Waals surface area contributed by atoms with Crippen LogP contribution in [0.1, 0.15) is 12.7 Å². The largest absolute Gasteiger partial charge is 0.497 e. The first-order valence-corrected chi connectivity index (χ1v) is 7.10. The third-order valence-electron chi connectivity index (χ3n) is 3.75. The van der Waals surface area contributed by atoms with Crippen molar-refractivity contribution in [3.05, 3.63) is 48.3 Å². The number of benzene rings is 2. The smallest absolute Gasteiger partial charge is 0.123 e. The number of aromatic nitrogens is 2. The van der Waals surface area contributed by atoms with Gasteiger partial charge in [-0.3, -0.25) is 0 Å². The van der Waals surface area contributed by atoms with Crippen molar-refractivity contribution in [2.24, 2.45) is 5.73 Å². The number of ether oxygens (including phenoxy) is 1. The number of aryl methyl sites for hydroxylation is 1. The maximum Gasteiger partial charge on any atom is 0.123 e. The van der Waals surface area contributed by atoms with Crippen LogP contribution < -0.4 is 10.5 Å². The number of imidazole rings is 1. The molecule has 2 N–H and O–H groups in total. The molecule has 0 atom stereocenters. The number of hydrogen-bond donors (Lipinski definition) is 1. The number of rotatable bonds is 4. The molecular weight excluding hydrogens is 262 g/mol. The summed E-state index contributed by atoms with van der Waals surface area (Å²) in [6.07, 6.45) is 0. The van der Waals surface area contributed by atoms with E-state index >= 15 is 0 Å². The van der Waals surface area contributed by atoms with E-state index in [9.17, 15) is 0 Å². The van der Waals surface area contributed by atoms with E-state index in [-0.39, 0.29) is 0 Å². The molecule has 0 spiro atoms. The van der Waals surface area contributed by atoms with E-state index in [1.54, 1.807) is 7.11 Å². The highest BCUT2D eigenvalue weighted by Crippen LogP contribution is 2.26. The summed E-state index contributed by atoms with van der Waals surface area (Å²) in [4.78, 5) is 4.64. The molecule has 0 amide bonds. The molecule has 3 rings (SSSR count). The fourth-order valence-corrected chi connectivity index (χ4v) is 2.65. The van der Waals surface area contributed by atoms with Crippen LogP contribution in [0.5, 0.6) is 5.75 Å². The molecule has 0 bridgehead atoms. The van der Waals surface area contributed by atoms with Gasteiger partial charge in [0.2, 0.25) is 0 Å². The Morgan fingerprint density at radius 2 is 1.81 bits per heavy atom. The second kappa shape index (κ2) is 5.58. The summed E-state index contributed by atoms with van der Waals surface area (Å²) < 4.78 is 7.35. The lowest BCUT2D eigenvalue weighted by atomic mass is 10.1. The zero-order valence-electron chi connectivity index (χ0n) is 12.3. The lowest BCUT2D eigenvalue weighted by Gasteiger charge is -2.05. The number of methoxy groups -OCH3 is 1. The number of fused-ring (bicyclic) bond motifs is 1. The molecule has 2 aromatic carbocycles. The summed E-state index contributed by atoms with van der Waals surface area (Å²) in [5.74, 6) is 1.79.